The molecule has 0 saturated carbocycles. The van der Waals surface area contributed by atoms with Crippen LogP contribution in [0.25, 0.3) is 0 Å². The summed E-state index contributed by atoms with van der Waals surface area (Å²) in [4.78, 5) is 11.2. The van der Waals surface area contributed by atoms with Crippen LogP contribution in [0.4, 0.5) is 8.78 Å². The molecule has 9 heteroatoms. The van der Waals surface area contributed by atoms with Crippen molar-refractivity contribution in [2.75, 3.05) is 5.75 Å². The van der Waals surface area contributed by atoms with Crippen molar-refractivity contribution in [2.24, 2.45) is 0 Å². The zero-order valence-corrected chi connectivity index (χ0v) is 13.2. The highest BCUT2D eigenvalue weighted by atomic mass is 35.5. The van der Waals surface area contributed by atoms with Gasteiger partial charge in [-0.05, 0) is 18.2 Å². The summed E-state index contributed by atoms with van der Waals surface area (Å²) in [6, 6.07) is 3.25. The van der Waals surface area contributed by atoms with Crippen LogP contribution in [0.1, 0.15) is 10.4 Å². The predicted octanol–water partition coefficient (Wildman–Crippen LogP) is 3.99. The fourth-order valence-corrected chi connectivity index (χ4v) is 4.37. The summed E-state index contributed by atoms with van der Waals surface area (Å²) in [6.45, 7) is 0. The lowest BCUT2D eigenvalue weighted by Gasteiger charge is -2.05. The van der Waals surface area contributed by atoms with Crippen LogP contribution in [0.15, 0.2) is 29.2 Å². The van der Waals surface area contributed by atoms with E-state index in [9.17, 15) is 22.0 Å². The van der Waals surface area contributed by atoms with Crippen molar-refractivity contribution in [3.63, 3.8) is 0 Å². The third-order valence-electron chi connectivity index (χ3n) is 2.51. The van der Waals surface area contributed by atoms with E-state index in [4.69, 9.17) is 23.2 Å². The second-order valence-electron chi connectivity index (χ2n) is 3.99. The highest BCUT2D eigenvalue weighted by Crippen LogP contribution is 2.32. The Balaban J connectivity index is 2.33. The Kier molecular flexibility index (Phi) is 4.67. The van der Waals surface area contributed by atoms with E-state index in [1.165, 1.54) is 6.07 Å². The van der Waals surface area contributed by atoms with Crippen LogP contribution in [0.5, 0.6) is 0 Å². The largest absolute Gasteiger partial charge is 0.293 e. The Hall–Kier alpha value is -1.02. The molecule has 0 N–H and O–H groups in total. The van der Waals surface area contributed by atoms with Crippen LogP contribution >= 0.6 is 34.5 Å². The zero-order valence-electron chi connectivity index (χ0n) is 10.1. The maximum atomic E-state index is 13.5. The number of sulfone groups is 1. The van der Waals surface area contributed by atoms with Crippen LogP contribution in [0.3, 0.4) is 0 Å². The van der Waals surface area contributed by atoms with E-state index in [0.717, 1.165) is 23.5 Å². The molecule has 0 unspecified atom stereocenters. The molecule has 1 aromatic carbocycles. The van der Waals surface area contributed by atoms with Gasteiger partial charge in [0, 0.05) is 11.6 Å². The first-order valence-electron chi connectivity index (χ1n) is 5.36. The fraction of sp³-hybridized carbons (Fsp3) is 0.0833. The summed E-state index contributed by atoms with van der Waals surface area (Å²) in [5.74, 6) is -3.96. The summed E-state index contributed by atoms with van der Waals surface area (Å²) < 4.78 is 50.6. The molecule has 3 nitrogen and oxygen atoms in total. The molecule has 0 spiro atoms. The lowest BCUT2D eigenvalue weighted by atomic mass is 10.2. The number of benzene rings is 1. The molecule has 2 rings (SSSR count). The number of ketones is 1. The molecule has 0 fully saturated rings. The number of hydrogen-bond acceptors (Lipinski definition) is 4. The van der Waals surface area contributed by atoms with E-state index in [-0.39, 0.29) is 14.2 Å². The van der Waals surface area contributed by atoms with Gasteiger partial charge in [0.25, 0.3) is 0 Å². The van der Waals surface area contributed by atoms with Crippen molar-refractivity contribution in [3.8, 4) is 0 Å². The third-order valence-corrected chi connectivity index (χ3v) is 5.64. The predicted molar refractivity (Wildman–Crippen MR) is 77.1 cm³/mol. The molecule has 112 valence electrons. The molecule has 21 heavy (non-hydrogen) atoms. The lowest BCUT2D eigenvalue weighted by molar-refractivity contribution is 0.102. The Bertz CT molecular complexity index is 816. The van der Waals surface area contributed by atoms with Gasteiger partial charge in [-0.15, -0.1) is 11.3 Å². The van der Waals surface area contributed by atoms with E-state index in [1.807, 2.05) is 0 Å². The normalized spacial score (nSPS) is 11.6. The molecule has 0 aliphatic carbocycles. The number of carbonyl (C=O) groups is 1. The van der Waals surface area contributed by atoms with Gasteiger partial charge in [-0.25, -0.2) is 17.2 Å². The highest BCUT2D eigenvalue weighted by Gasteiger charge is 2.26. The molecule has 0 atom stereocenters. The van der Waals surface area contributed by atoms with Gasteiger partial charge in [-0.2, -0.15) is 0 Å². The first-order chi connectivity index (χ1) is 9.70. The number of Topliss-reactive ketones (excluding diaryl/α,β-unsaturated/α-hetero) is 1. The van der Waals surface area contributed by atoms with Crippen molar-refractivity contribution in [3.05, 3.63) is 50.1 Å². The average Bonchev–Trinajstić information content (AvgIpc) is 2.67. The molecule has 2 aromatic rings. The topological polar surface area (TPSA) is 51.2 Å². The van der Waals surface area contributed by atoms with Crippen LogP contribution < -0.4 is 0 Å². The molecule has 0 amide bonds. The number of hydrogen-bond donors (Lipinski definition) is 0. The Morgan fingerprint density at radius 2 is 1.86 bits per heavy atom. The molecular formula is C12H6Cl2F2O3S2. The zero-order chi connectivity index (χ0) is 15.8. The third kappa shape index (κ3) is 3.60. The van der Waals surface area contributed by atoms with Crippen LogP contribution in [-0.2, 0) is 9.84 Å². The van der Waals surface area contributed by atoms with Gasteiger partial charge in [0.2, 0.25) is 0 Å². The van der Waals surface area contributed by atoms with Crippen molar-refractivity contribution >= 4 is 50.2 Å². The fourth-order valence-electron chi connectivity index (χ4n) is 1.59. The maximum Gasteiger partial charge on any atom is 0.188 e. The summed E-state index contributed by atoms with van der Waals surface area (Å²) >= 11 is 12.3. The first kappa shape index (κ1) is 16.4. The Labute approximate surface area is 133 Å². The quantitative estimate of drug-likeness (QED) is 0.603. The molecule has 0 saturated heterocycles. The molecule has 1 aromatic heterocycles. The van der Waals surface area contributed by atoms with E-state index in [1.54, 1.807) is 0 Å². The minimum Gasteiger partial charge on any atom is -0.293 e. The van der Waals surface area contributed by atoms with Crippen LogP contribution in [-0.4, -0.2) is 20.0 Å². The highest BCUT2D eigenvalue weighted by molar-refractivity contribution is 7.92. The summed E-state index contributed by atoms with van der Waals surface area (Å²) in [5.41, 5.74) is -0.0437. The van der Waals surface area contributed by atoms with Crippen LogP contribution in [0, 0.1) is 11.6 Å². The maximum absolute atomic E-state index is 13.5. The SMILES string of the molecule is O=C(CS(=O)(=O)c1ccc(F)cc1F)c1cc(Cl)sc1Cl. The van der Waals surface area contributed by atoms with Gasteiger partial charge in [-0.3, -0.25) is 4.79 Å². The second-order valence-corrected chi connectivity index (χ2v) is 8.24. The number of thiophene rings is 1. The molecule has 0 aliphatic rings. The van der Waals surface area contributed by atoms with Crippen molar-refractivity contribution in [2.45, 2.75) is 4.90 Å². The van der Waals surface area contributed by atoms with Gasteiger partial charge in [0.1, 0.15) is 26.6 Å². The minimum atomic E-state index is -4.25. The minimum absolute atomic E-state index is 0.0437. The summed E-state index contributed by atoms with van der Waals surface area (Å²) in [6.07, 6.45) is 0. The van der Waals surface area contributed by atoms with E-state index < -0.39 is 37.9 Å². The van der Waals surface area contributed by atoms with Crippen molar-refractivity contribution < 1.29 is 22.0 Å². The Morgan fingerprint density at radius 3 is 2.38 bits per heavy atom. The van der Waals surface area contributed by atoms with Gasteiger partial charge in [0.05, 0.1) is 4.34 Å². The number of rotatable bonds is 4. The van der Waals surface area contributed by atoms with Gasteiger partial charge in [0.15, 0.2) is 15.6 Å². The smallest absolute Gasteiger partial charge is 0.188 e. The van der Waals surface area contributed by atoms with Gasteiger partial charge >= 0.3 is 0 Å². The summed E-state index contributed by atoms with van der Waals surface area (Å²) in [5, 5.41) is 0. The van der Waals surface area contributed by atoms with E-state index in [2.05, 4.69) is 0 Å². The monoisotopic (exact) mass is 370 g/mol. The molecule has 0 bridgehead atoms. The van der Waals surface area contributed by atoms with E-state index >= 15 is 0 Å². The number of halogens is 4. The van der Waals surface area contributed by atoms with Gasteiger partial charge < -0.3 is 0 Å². The van der Waals surface area contributed by atoms with E-state index in [0.29, 0.717) is 6.07 Å². The van der Waals surface area contributed by atoms with Crippen LogP contribution in [0.2, 0.25) is 8.67 Å². The van der Waals surface area contributed by atoms with Crippen molar-refractivity contribution in [1.29, 1.82) is 0 Å². The molecule has 0 radical (unpaired) electrons. The Morgan fingerprint density at radius 1 is 1.19 bits per heavy atom. The molecule has 1 heterocycles. The second kappa shape index (κ2) is 6.00. The molecular weight excluding hydrogens is 365 g/mol. The first-order valence-corrected chi connectivity index (χ1v) is 8.59. The average molecular weight is 371 g/mol. The standard InChI is InChI=1S/C12H6Cl2F2O3S2/c13-11-4-7(12(14)20-11)9(17)5-21(18,19)10-2-1-6(15)3-8(10)16/h1-4H,5H2. The number of carbonyl (C=O) groups excluding carboxylic acids is 1. The van der Waals surface area contributed by atoms with Crippen molar-refractivity contribution in [1.82, 2.24) is 0 Å². The summed E-state index contributed by atoms with van der Waals surface area (Å²) in [7, 11) is -4.25. The van der Waals surface area contributed by atoms with Gasteiger partial charge in [-0.1, -0.05) is 23.2 Å². The molecule has 0 aliphatic heterocycles. The lowest BCUT2D eigenvalue weighted by Crippen LogP contribution is -2.17.